The zero-order valence-corrected chi connectivity index (χ0v) is 18.6. The molecule has 0 bridgehead atoms. The van der Waals surface area contributed by atoms with Crippen LogP contribution >= 0.6 is 11.3 Å². The van der Waals surface area contributed by atoms with Gasteiger partial charge in [0.25, 0.3) is 5.91 Å². The lowest BCUT2D eigenvalue weighted by molar-refractivity contribution is 0.0526. The minimum atomic E-state index is -0.372. The molecule has 0 unspecified atom stereocenters. The van der Waals surface area contributed by atoms with E-state index < -0.39 is 0 Å². The van der Waals surface area contributed by atoms with Gasteiger partial charge in [0, 0.05) is 29.9 Å². The molecule has 1 aliphatic heterocycles. The first-order valence-corrected chi connectivity index (χ1v) is 11.0. The van der Waals surface area contributed by atoms with Crippen molar-refractivity contribution in [2.24, 2.45) is 0 Å². The van der Waals surface area contributed by atoms with E-state index in [-0.39, 0.29) is 11.9 Å². The van der Waals surface area contributed by atoms with Crippen LogP contribution < -0.4 is 5.32 Å². The van der Waals surface area contributed by atoms with E-state index in [4.69, 9.17) is 4.74 Å². The first-order valence-electron chi connectivity index (χ1n) is 10.2. The second-order valence-electron chi connectivity index (χ2n) is 7.51. The van der Waals surface area contributed by atoms with Crippen molar-refractivity contribution in [3.05, 3.63) is 51.3 Å². The monoisotopic (exact) mass is 426 g/mol. The second-order valence-corrected chi connectivity index (χ2v) is 8.62. The summed E-state index contributed by atoms with van der Waals surface area (Å²) in [6, 6.07) is 3.61. The first-order chi connectivity index (χ1) is 14.4. The van der Waals surface area contributed by atoms with Crippen LogP contribution in [0.3, 0.4) is 0 Å². The highest BCUT2D eigenvalue weighted by atomic mass is 32.1. The number of carbonyl (C=O) groups excluding carboxylic acids is 2. The van der Waals surface area contributed by atoms with Crippen LogP contribution in [-0.4, -0.2) is 46.4 Å². The number of nitrogens with one attached hydrogen (secondary N) is 1. The largest absolute Gasteiger partial charge is 0.462 e. The van der Waals surface area contributed by atoms with Gasteiger partial charge in [0.05, 0.1) is 23.4 Å². The van der Waals surface area contributed by atoms with Crippen molar-refractivity contribution in [1.82, 2.24) is 14.3 Å². The molecule has 0 aromatic carbocycles. The van der Waals surface area contributed by atoms with Crippen molar-refractivity contribution in [2.75, 3.05) is 25.5 Å². The smallest absolute Gasteiger partial charge is 0.341 e. The van der Waals surface area contributed by atoms with Crippen molar-refractivity contribution in [2.45, 2.75) is 40.2 Å². The summed E-state index contributed by atoms with van der Waals surface area (Å²) >= 11 is 1.46. The molecule has 0 fully saturated rings. The number of thiophene rings is 1. The van der Waals surface area contributed by atoms with Gasteiger partial charge in [-0.15, -0.1) is 11.3 Å². The predicted octanol–water partition coefficient (Wildman–Crippen LogP) is 3.68. The van der Waals surface area contributed by atoms with Gasteiger partial charge in [-0.3, -0.25) is 4.79 Å². The molecule has 0 radical (unpaired) electrons. The zero-order chi connectivity index (χ0) is 21.4. The quantitative estimate of drug-likeness (QED) is 0.630. The van der Waals surface area contributed by atoms with E-state index in [0.717, 1.165) is 53.4 Å². The number of nitrogens with zero attached hydrogens (tertiary/aromatic N) is 3. The molecule has 3 aromatic rings. The third-order valence-corrected chi connectivity index (χ3v) is 6.64. The predicted molar refractivity (Wildman–Crippen MR) is 118 cm³/mol. The maximum absolute atomic E-state index is 13.1. The number of aromatic nitrogens is 2. The Morgan fingerprint density at radius 3 is 2.83 bits per heavy atom. The Morgan fingerprint density at radius 2 is 2.10 bits per heavy atom. The van der Waals surface area contributed by atoms with Gasteiger partial charge in [-0.05, 0) is 51.4 Å². The van der Waals surface area contributed by atoms with Gasteiger partial charge in [-0.2, -0.15) is 0 Å². The summed E-state index contributed by atoms with van der Waals surface area (Å²) in [6.45, 7) is 7.80. The molecule has 0 aliphatic carbocycles. The Morgan fingerprint density at radius 1 is 1.30 bits per heavy atom. The fourth-order valence-electron chi connectivity index (χ4n) is 3.89. The minimum Gasteiger partial charge on any atom is -0.462 e. The summed E-state index contributed by atoms with van der Waals surface area (Å²) in [7, 11) is 2.05. The van der Waals surface area contributed by atoms with Crippen molar-refractivity contribution in [3.8, 4) is 0 Å². The van der Waals surface area contributed by atoms with Gasteiger partial charge in [0.1, 0.15) is 10.6 Å². The Balaban J connectivity index is 1.68. The fourth-order valence-corrected chi connectivity index (χ4v) is 5.20. The number of likely N-dealkylation sites (N-methyl/N-ethyl adjacent to an activating group) is 1. The highest BCUT2D eigenvalue weighted by molar-refractivity contribution is 7.17. The molecular formula is C22H26N4O3S. The van der Waals surface area contributed by atoms with Crippen LogP contribution in [0.25, 0.3) is 5.65 Å². The van der Waals surface area contributed by atoms with Gasteiger partial charge in [0.15, 0.2) is 0 Å². The van der Waals surface area contributed by atoms with Crippen LogP contribution in [0.5, 0.6) is 0 Å². The SMILES string of the molecule is CCOC(=O)c1c(NC(=O)c2ccc3nc(CC)c(C)n3c2)sc2c1CCN(C)C2. The van der Waals surface area contributed by atoms with Crippen LogP contribution in [0.2, 0.25) is 0 Å². The molecule has 4 heterocycles. The lowest BCUT2D eigenvalue weighted by atomic mass is 10.0. The Hall–Kier alpha value is -2.71. The average molecular weight is 427 g/mol. The maximum Gasteiger partial charge on any atom is 0.341 e. The van der Waals surface area contributed by atoms with Gasteiger partial charge < -0.3 is 19.4 Å². The number of hydrogen-bond acceptors (Lipinski definition) is 6. The lowest BCUT2D eigenvalue weighted by Crippen LogP contribution is -2.26. The summed E-state index contributed by atoms with van der Waals surface area (Å²) in [5, 5.41) is 3.53. The molecular weight excluding hydrogens is 400 g/mol. The van der Waals surface area contributed by atoms with E-state index in [1.807, 2.05) is 17.4 Å². The highest BCUT2D eigenvalue weighted by Crippen LogP contribution is 2.37. The van der Waals surface area contributed by atoms with Crippen LogP contribution in [0.1, 0.15) is 56.4 Å². The van der Waals surface area contributed by atoms with E-state index >= 15 is 0 Å². The second kappa shape index (κ2) is 8.20. The molecule has 4 rings (SSSR count). The van der Waals surface area contributed by atoms with Gasteiger partial charge in [0.2, 0.25) is 0 Å². The third kappa shape index (κ3) is 3.61. The van der Waals surface area contributed by atoms with E-state index in [1.54, 1.807) is 19.2 Å². The van der Waals surface area contributed by atoms with Crippen LogP contribution in [0.4, 0.5) is 5.00 Å². The standard InChI is InChI=1S/C22H26N4O3S/c1-5-16-13(3)26-11-14(7-8-18(26)23-16)20(27)24-21-19(22(28)29-6-2)15-9-10-25(4)12-17(15)30-21/h7-8,11H,5-6,9-10,12H2,1-4H3,(H,24,27). The number of rotatable bonds is 5. The summed E-state index contributed by atoms with van der Waals surface area (Å²) in [5.41, 5.74) is 4.90. The molecule has 158 valence electrons. The Kier molecular flexibility index (Phi) is 5.62. The van der Waals surface area contributed by atoms with Crippen LogP contribution in [0.15, 0.2) is 18.3 Å². The molecule has 3 aromatic heterocycles. The molecule has 30 heavy (non-hydrogen) atoms. The van der Waals surface area contributed by atoms with Gasteiger partial charge in [-0.1, -0.05) is 6.92 Å². The molecule has 0 saturated heterocycles. The lowest BCUT2D eigenvalue weighted by Gasteiger charge is -2.22. The number of amides is 1. The fraction of sp³-hybridized carbons (Fsp3) is 0.409. The van der Waals surface area contributed by atoms with Crippen molar-refractivity contribution in [1.29, 1.82) is 0 Å². The van der Waals surface area contributed by atoms with Crippen molar-refractivity contribution < 1.29 is 14.3 Å². The molecule has 1 N–H and O–H groups in total. The van der Waals surface area contributed by atoms with Crippen LogP contribution in [0, 0.1) is 6.92 Å². The molecule has 1 aliphatic rings. The highest BCUT2D eigenvalue weighted by Gasteiger charge is 2.28. The molecule has 1 amide bonds. The maximum atomic E-state index is 13.1. The van der Waals surface area contributed by atoms with Gasteiger partial charge >= 0.3 is 5.97 Å². The number of hydrogen-bond donors (Lipinski definition) is 1. The number of carbonyl (C=O) groups is 2. The molecule has 0 atom stereocenters. The topological polar surface area (TPSA) is 75.9 Å². The Labute approximate surface area is 179 Å². The summed E-state index contributed by atoms with van der Waals surface area (Å²) in [5.74, 6) is -0.621. The van der Waals surface area contributed by atoms with Crippen LogP contribution in [-0.2, 0) is 24.1 Å². The summed E-state index contributed by atoms with van der Waals surface area (Å²) in [4.78, 5) is 33.6. The number of pyridine rings is 1. The van der Waals surface area contributed by atoms with Gasteiger partial charge in [-0.25, -0.2) is 9.78 Å². The molecule has 0 spiro atoms. The third-order valence-electron chi connectivity index (χ3n) is 5.51. The molecule has 0 saturated carbocycles. The number of anilines is 1. The van der Waals surface area contributed by atoms with Crippen molar-refractivity contribution in [3.63, 3.8) is 0 Å². The number of esters is 1. The van der Waals surface area contributed by atoms with Crippen molar-refractivity contribution >= 4 is 33.9 Å². The minimum absolute atomic E-state index is 0.249. The first kappa shape index (κ1) is 20.6. The van der Waals surface area contributed by atoms with E-state index in [2.05, 4.69) is 29.2 Å². The van der Waals surface area contributed by atoms with E-state index in [9.17, 15) is 9.59 Å². The number of ether oxygens (including phenoxy) is 1. The number of aryl methyl sites for hydroxylation is 2. The average Bonchev–Trinajstić information content (AvgIpc) is 3.24. The van der Waals surface area contributed by atoms with E-state index in [0.29, 0.717) is 22.7 Å². The van der Waals surface area contributed by atoms with E-state index in [1.165, 1.54) is 11.3 Å². The summed E-state index contributed by atoms with van der Waals surface area (Å²) in [6.07, 6.45) is 3.41. The zero-order valence-electron chi connectivity index (χ0n) is 17.7. The summed E-state index contributed by atoms with van der Waals surface area (Å²) < 4.78 is 7.22. The number of fused-ring (bicyclic) bond motifs is 2. The Bertz CT molecular complexity index is 1130. The normalized spacial score (nSPS) is 14.0. The number of imidazole rings is 1. The molecule has 7 nitrogen and oxygen atoms in total. The molecule has 8 heteroatoms.